The summed E-state index contributed by atoms with van der Waals surface area (Å²) in [5.74, 6) is 2.19. The largest absolute Gasteiger partial charge is 0.439 e. The van der Waals surface area contributed by atoms with Gasteiger partial charge in [-0.05, 0) is 23.6 Å². The minimum Gasteiger partial charge on any atom is -0.439 e. The third-order valence-electron chi connectivity index (χ3n) is 2.96. The zero-order valence-electron chi connectivity index (χ0n) is 11.9. The molecule has 0 spiro atoms. The number of hydrogen-bond donors (Lipinski definition) is 2. The Morgan fingerprint density at radius 2 is 2.10 bits per heavy atom. The van der Waals surface area contributed by atoms with Crippen molar-refractivity contribution in [3.8, 4) is 11.6 Å². The Labute approximate surface area is 118 Å². The molecule has 0 bridgehead atoms. The van der Waals surface area contributed by atoms with Crippen LogP contribution in [0.4, 0.5) is 5.82 Å². The second-order valence-electron chi connectivity index (χ2n) is 4.75. The highest BCUT2D eigenvalue weighted by Crippen LogP contribution is 2.32. The van der Waals surface area contributed by atoms with Crippen molar-refractivity contribution in [2.24, 2.45) is 0 Å². The van der Waals surface area contributed by atoms with Gasteiger partial charge in [-0.2, -0.15) is 0 Å². The lowest BCUT2D eigenvalue weighted by Gasteiger charge is -2.15. The van der Waals surface area contributed by atoms with Gasteiger partial charge in [-0.15, -0.1) is 0 Å². The van der Waals surface area contributed by atoms with Gasteiger partial charge >= 0.3 is 0 Å². The molecule has 0 atom stereocenters. The van der Waals surface area contributed by atoms with Crippen molar-refractivity contribution in [1.82, 2.24) is 9.97 Å². The number of anilines is 1. The van der Waals surface area contributed by atoms with Crippen LogP contribution in [-0.4, -0.2) is 22.1 Å². The Morgan fingerprint density at radius 3 is 2.75 bits per heavy atom. The summed E-state index contributed by atoms with van der Waals surface area (Å²) in [7, 11) is 1.82. The van der Waals surface area contributed by atoms with Crippen LogP contribution in [0.1, 0.15) is 30.9 Å². The molecule has 2 rings (SSSR count). The average molecular weight is 273 g/mol. The van der Waals surface area contributed by atoms with E-state index in [0.717, 1.165) is 16.9 Å². The number of aliphatic hydroxyl groups excluding tert-OH is 1. The van der Waals surface area contributed by atoms with E-state index in [2.05, 4.69) is 29.1 Å². The van der Waals surface area contributed by atoms with Crippen molar-refractivity contribution in [2.45, 2.75) is 26.4 Å². The normalized spacial score (nSPS) is 10.7. The molecular weight excluding hydrogens is 254 g/mol. The lowest BCUT2D eigenvalue weighted by atomic mass is 10.1. The predicted octanol–water partition coefficient (Wildman–Crippen LogP) is 2.93. The molecular formula is C15H19N3O2. The van der Waals surface area contributed by atoms with Crippen LogP contribution < -0.4 is 10.1 Å². The molecule has 0 aliphatic heterocycles. The van der Waals surface area contributed by atoms with Gasteiger partial charge in [0.1, 0.15) is 17.9 Å². The van der Waals surface area contributed by atoms with Crippen LogP contribution in [0.3, 0.4) is 0 Å². The van der Waals surface area contributed by atoms with E-state index in [1.807, 2.05) is 25.2 Å². The Balaban J connectivity index is 2.37. The van der Waals surface area contributed by atoms with Crippen molar-refractivity contribution in [2.75, 3.05) is 12.4 Å². The standard InChI is InChI=1S/C15H19N3O2/c1-10(2)13-14(16-3)17-9-18-15(13)20-12-6-4-5-11(7-12)8-19/h4-7,9-10,19H,8H2,1-3H3,(H,16,17,18). The molecule has 106 valence electrons. The first-order valence-electron chi connectivity index (χ1n) is 6.56. The quantitative estimate of drug-likeness (QED) is 0.876. The minimum atomic E-state index is -0.0141. The second-order valence-corrected chi connectivity index (χ2v) is 4.75. The van der Waals surface area contributed by atoms with Crippen molar-refractivity contribution in [3.63, 3.8) is 0 Å². The molecule has 0 fully saturated rings. The van der Waals surface area contributed by atoms with E-state index in [1.54, 1.807) is 6.07 Å². The fourth-order valence-electron chi connectivity index (χ4n) is 2.00. The number of nitrogens with one attached hydrogen (secondary N) is 1. The number of ether oxygens (including phenoxy) is 1. The number of hydrogen-bond acceptors (Lipinski definition) is 5. The van der Waals surface area contributed by atoms with Crippen LogP contribution in [0.25, 0.3) is 0 Å². The van der Waals surface area contributed by atoms with Crippen LogP contribution in [0.15, 0.2) is 30.6 Å². The van der Waals surface area contributed by atoms with Gasteiger partial charge in [-0.1, -0.05) is 26.0 Å². The maximum Gasteiger partial charge on any atom is 0.227 e. The highest BCUT2D eigenvalue weighted by atomic mass is 16.5. The molecule has 0 radical (unpaired) electrons. The van der Waals surface area contributed by atoms with Crippen molar-refractivity contribution >= 4 is 5.82 Å². The van der Waals surface area contributed by atoms with E-state index in [9.17, 15) is 0 Å². The zero-order valence-corrected chi connectivity index (χ0v) is 11.9. The fourth-order valence-corrected chi connectivity index (χ4v) is 2.00. The molecule has 0 aliphatic carbocycles. The SMILES string of the molecule is CNc1ncnc(Oc2cccc(CO)c2)c1C(C)C. The summed E-state index contributed by atoms with van der Waals surface area (Å²) in [4.78, 5) is 8.44. The van der Waals surface area contributed by atoms with Crippen molar-refractivity contribution in [1.29, 1.82) is 0 Å². The molecule has 0 amide bonds. The van der Waals surface area contributed by atoms with Gasteiger partial charge in [-0.25, -0.2) is 9.97 Å². The summed E-state index contributed by atoms with van der Waals surface area (Å²) in [5.41, 5.74) is 1.74. The summed E-state index contributed by atoms with van der Waals surface area (Å²) in [6, 6.07) is 7.32. The average Bonchev–Trinajstić information content (AvgIpc) is 2.46. The summed E-state index contributed by atoms with van der Waals surface area (Å²) in [6.45, 7) is 4.12. The van der Waals surface area contributed by atoms with Crippen molar-refractivity contribution in [3.05, 3.63) is 41.7 Å². The summed E-state index contributed by atoms with van der Waals surface area (Å²) >= 11 is 0. The van der Waals surface area contributed by atoms with E-state index in [0.29, 0.717) is 11.6 Å². The zero-order chi connectivity index (χ0) is 14.5. The molecule has 5 heteroatoms. The van der Waals surface area contributed by atoms with E-state index < -0.39 is 0 Å². The summed E-state index contributed by atoms with van der Waals surface area (Å²) in [6.07, 6.45) is 1.48. The van der Waals surface area contributed by atoms with Crippen LogP contribution >= 0.6 is 0 Å². The van der Waals surface area contributed by atoms with Crippen molar-refractivity contribution < 1.29 is 9.84 Å². The Hall–Kier alpha value is -2.14. The highest BCUT2D eigenvalue weighted by molar-refractivity contribution is 5.51. The molecule has 0 unspecified atom stereocenters. The lowest BCUT2D eigenvalue weighted by Crippen LogP contribution is -2.04. The first-order valence-corrected chi connectivity index (χ1v) is 6.56. The lowest BCUT2D eigenvalue weighted by molar-refractivity contribution is 0.281. The van der Waals surface area contributed by atoms with Gasteiger partial charge in [0.05, 0.1) is 12.2 Å². The van der Waals surface area contributed by atoms with Crippen LogP contribution in [0.2, 0.25) is 0 Å². The van der Waals surface area contributed by atoms with Crippen LogP contribution in [0.5, 0.6) is 11.6 Å². The molecule has 20 heavy (non-hydrogen) atoms. The third-order valence-corrected chi connectivity index (χ3v) is 2.96. The van der Waals surface area contributed by atoms with Gasteiger partial charge in [0, 0.05) is 7.05 Å². The summed E-state index contributed by atoms with van der Waals surface area (Å²) < 4.78 is 5.85. The number of rotatable bonds is 5. The van der Waals surface area contributed by atoms with Gasteiger partial charge in [-0.3, -0.25) is 0 Å². The highest BCUT2D eigenvalue weighted by Gasteiger charge is 2.16. The van der Waals surface area contributed by atoms with Gasteiger partial charge in [0.2, 0.25) is 5.88 Å². The number of aromatic nitrogens is 2. The third kappa shape index (κ3) is 3.05. The molecule has 0 saturated heterocycles. The minimum absolute atomic E-state index is 0.0141. The Kier molecular flexibility index (Phi) is 4.53. The van der Waals surface area contributed by atoms with Crippen LogP contribution in [-0.2, 0) is 6.61 Å². The van der Waals surface area contributed by atoms with Crippen LogP contribution in [0, 0.1) is 0 Å². The molecule has 1 aromatic heterocycles. The fraction of sp³-hybridized carbons (Fsp3) is 0.333. The molecule has 1 aromatic carbocycles. The van der Waals surface area contributed by atoms with Gasteiger partial charge in [0.25, 0.3) is 0 Å². The Bertz CT molecular complexity index is 585. The molecule has 0 aliphatic rings. The van der Waals surface area contributed by atoms with E-state index in [4.69, 9.17) is 9.84 Å². The maximum atomic E-state index is 9.16. The first-order chi connectivity index (χ1) is 9.65. The Morgan fingerprint density at radius 1 is 1.30 bits per heavy atom. The summed E-state index contributed by atoms with van der Waals surface area (Å²) in [5, 5.41) is 12.2. The maximum absolute atomic E-state index is 9.16. The number of benzene rings is 1. The second kappa shape index (κ2) is 6.34. The smallest absolute Gasteiger partial charge is 0.227 e. The first kappa shape index (κ1) is 14.3. The van der Waals surface area contributed by atoms with E-state index in [1.165, 1.54) is 6.33 Å². The number of aliphatic hydroxyl groups is 1. The number of nitrogens with zero attached hydrogens (tertiary/aromatic N) is 2. The molecule has 0 saturated carbocycles. The molecule has 1 heterocycles. The molecule has 5 nitrogen and oxygen atoms in total. The molecule has 2 aromatic rings. The topological polar surface area (TPSA) is 67.3 Å². The predicted molar refractivity (Wildman–Crippen MR) is 78.1 cm³/mol. The molecule has 2 N–H and O–H groups in total. The van der Waals surface area contributed by atoms with E-state index in [-0.39, 0.29) is 12.5 Å². The monoisotopic (exact) mass is 273 g/mol. The van der Waals surface area contributed by atoms with Gasteiger partial charge < -0.3 is 15.2 Å². The van der Waals surface area contributed by atoms with E-state index >= 15 is 0 Å². The van der Waals surface area contributed by atoms with Gasteiger partial charge in [0.15, 0.2) is 0 Å².